The van der Waals surface area contributed by atoms with Gasteiger partial charge < -0.3 is 0 Å². The summed E-state index contributed by atoms with van der Waals surface area (Å²) in [4.78, 5) is 19.2. The predicted octanol–water partition coefficient (Wildman–Crippen LogP) is 6.15. The molecule has 0 aromatic heterocycles. The molecule has 0 bridgehead atoms. The Morgan fingerprint density at radius 2 is 2.00 bits per heavy atom. The fourth-order valence-corrected chi connectivity index (χ4v) is 4.99. The Labute approximate surface area is 167 Å². The molecule has 0 aliphatic heterocycles. The second-order valence-corrected chi connectivity index (χ2v) is 8.31. The molecular formula is C24H29NOS. The highest BCUT2D eigenvalue weighted by atomic mass is 32.2. The van der Waals surface area contributed by atoms with Gasteiger partial charge in [-0.15, -0.1) is 11.8 Å². The molecule has 0 amide bonds. The maximum atomic E-state index is 13.5. The topological polar surface area (TPSA) is 29.4 Å². The van der Waals surface area contributed by atoms with Crippen molar-refractivity contribution in [1.82, 2.24) is 0 Å². The van der Waals surface area contributed by atoms with Crippen LogP contribution in [-0.2, 0) is 4.79 Å². The Bertz CT molecular complexity index is 844. The summed E-state index contributed by atoms with van der Waals surface area (Å²) in [6.45, 7) is 4.15. The zero-order chi connectivity index (χ0) is 19.4. The third kappa shape index (κ3) is 4.19. The first-order valence-corrected chi connectivity index (χ1v) is 11.0. The lowest BCUT2D eigenvalue weighted by molar-refractivity contribution is -0.119. The van der Waals surface area contributed by atoms with Gasteiger partial charge in [0.05, 0.1) is 0 Å². The van der Waals surface area contributed by atoms with Crippen molar-refractivity contribution in [2.75, 3.05) is 13.3 Å². The van der Waals surface area contributed by atoms with E-state index < -0.39 is 0 Å². The molecule has 1 unspecified atom stereocenters. The summed E-state index contributed by atoms with van der Waals surface area (Å²) in [7, 11) is 1.82. The zero-order valence-corrected chi connectivity index (χ0v) is 17.6. The molecule has 0 saturated heterocycles. The third-order valence-electron chi connectivity index (χ3n) is 5.88. The maximum Gasteiger partial charge on any atom is 0.166 e. The Kier molecular flexibility index (Phi) is 6.54. The fraction of sp³-hybridized carbons (Fsp3) is 0.417. The summed E-state index contributed by atoms with van der Waals surface area (Å²) in [5, 5.41) is 0. The quantitative estimate of drug-likeness (QED) is 0.453. The maximum absolute atomic E-state index is 13.5. The number of thioether (sulfide) groups is 1. The minimum atomic E-state index is 0.0766. The minimum absolute atomic E-state index is 0.0766. The lowest BCUT2D eigenvalue weighted by Crippen LogP contribution is -2.20. The highest BCUT2D eigenvalue weighted by Crippen LogP contribution is 2.44. The van der Waals surface area contributed by atoms with E-state index in [2.05, 4.69) is 54.6 Å². The molecule has 0 N–H and O–H groups in total. The summed E-state index contributed by atoms with van der Waals surface area (Å²) in [5.74, 6) is 0.696. The molecule has 0 heterocycles. The van der Waals surface area contributed by atoms with Crippen LogP contribution in [0.2, 0.25) is 0 Å². The van der Waals surface area contributed by atoms with E-state index in [0.29, 0.717) is 11.7 Å². The number of ketones is 1. The van der Waals surface area contributed by atoms with Gasteiger partial charge >= 0.3 is 0 Å². The molecule has 2 atom stereocenters. The number of carbonyl (C=O) groups is 1. The van der Waals surface area contributed by atoms with Crippen molar-refractivity contribution < 1.29 is 4.79 Å². The predicted molar refractivity (Wildman–Crippen MR) is 117 cm³/mol. The molecule has 3 rings (SSSR count). The van der Waals surface area contributed by atoms with Gasteiger partial charge in [-0.2, -0.15) is 0 Å². The Morgan fingerprint density at radius 1 is 1.22 bits per heavy atom. The monoisotopic (exact) mass is 379 g/mol. The molecule has 2 aliphatic carbocycles. The molecule has 1 saturated carbocycles. The zero-order valence-electron chi connectivity index (χ0n) is 16.8. The van der Waals surface area contributed by atoms with Gasteiger partial charge in [0.25, 0.3) is 0 Å². The number of benzene rings is 1. The van der Waals surface area contributed by atoms with Crippen LogP contribution in [0.3, 0.4) is 0 Å². The van der Waals surface area contributed by atoms with Crippen molar-refractivity contribution >= 4 is 23.3 Å². The summed E-state index contributed by atoms with van der Waals surface area (Å²) in [6, 6.07) is 8.58. The van der Waals surface area contributed by atoms with Crippen LogP contribution in [0.25, 0.3) is 0 Å². The number of carbonyl (C=O) groups excluding carboxylic acids is 1. The molecule has 1 aromatic rings. The first-order valence-electron chi connectivity index (χ1n) is 9.75. The van der Waals surface area contributed by atoms with E-state index in [4.69, 9.17) is 0 Å². The van der Waals surface area contributed by atoms with Gasteiger partial charge in [-0.1, -0.05) is 42.3 Å². The third-order valence-corrected chi connectivity index (χ3v) is 6.69. The van der Waals surface area contributed by atoms with E-state index >= 15 is 0 Å². The Balaban J connectivity index is 1.94. The van der Waals surface area contributed by atoms with Gasteiger partial charge in [0.15, 0.2) is 5.78 Å². The molecule has 2 aliphatic rings. The van der Waals surface area contributed by atoms with E-state index in [0.717, 1.165) is 42.5 Å². The lowest BCUT2D eigenvalue weighted by Gasteiger charge is -2.21. The molecule has 0 radical (unpaired) electrons. The second kappa shape index (κ2) is 8.88. The van der Waals surface area contributed by atoms with Crippen molar-refractivity contribution in [3.05, 3.63) is 64.8 Å². The number of nitrogens with zero attached hydrogens (tertiary/aromatic N) is 1. The van der Waals surface area contributed by atoms with Crippen molar-refractivity contribution in [3.63, 3.8) is 0 Å². The molecule has 0 spiro atoms. The van der Waals surface area contributed by atoms with Gasteiger partial charge in [0.1, 0.15) is 0 Å². The van der Waals surface area contributed by atoms with E-state index in [1.54, 1.807) is 11.8 Å². The van der Waals surface area contributed by atoms with Gasteiger partial charge in [-0.05, 0) is 68.6 Å². The van der Waals surface area contributed by atoms with Gasteiger partial charge in [0.2, 0.25) is 0 Å². The lowest BCUT2D eigenvalue weighted by atomic mass is 9.83. The van der Waals surface area contributed by atoms with Gasteiger partial charge in [0, 0.05) is 29.1 Å². The number of hydrogen-bond donors (Lipinski definition) is 0. The van der Waals surface area contributed by atoms with Crippen LogP contribution in [0.5, 0.6) is 0 Å². The van der Waals surface area contributed by atoms with E-state index in [-0.39, 0.29) is 5.92 Å². The summed E-state index contributed by atoms with van der Waals surface area (Å²) in [5.41, 5.74) is 5.57. The van der Waals surface area contributed by atoms with Crippen LogP contribution in [-0.4, -0.2) is 24.8 Å². The van der Waals surface area contributed by atoms with Crippen molar-refractivity contribution in [2.24, 2.45) is 10.9 Å². The minimum Gasteiger partial charge on any atom is -0.294 e. The first kappa shape index (κ1) is 19.9. The van der Waals surface area contributed by atoms with Crippen LogP contribution >= 0.6 is 11.8 Å². The molecule has 1 fully saturated rings. The highest BCUT2D eigenvalue weighted by molar-refractivity contribution is 7.98. The van der Waals surface area contributed by atoms with Crippen molar-refractivity contribution in [2.45, 2.75) is 50.3 Å². The van der Waals surface area contributed by atoms with Crippen LogP contribution < -0.4 is 0 Å². The summed E-state index contributed by atoms with van der Waals surface area (Å²) in [6.07, 6.45) is 12.4. The smallest absolute Gasteiger partial charge is 0.166 e. The van der Waals surface area contributed by atoms with Crippen molar-refractivity contribution in [3.8, 4) is 0 Å². The number of hydrogen-bond acceptors (Lipinski definition) is 3. The van der Waals surface area contributed by atoms with Gasteiger partial charge in [-0.25, -0.2) is 0 Å². The van der Waals surface area contributed by atoms with Crippen LogP contribution in [0, 0.1) is 5.92 Å². The van der Waals surface area contributed by atoms with E-state index in [1.165, 1.54) is 16.0 Å². The second-order valence-electron chi connectivity index (χ2n) is 7.46. The van der Waals surface area contributed by atoms with Crippen LogP contribution in [0.4, 0.5) is 0 Å². The van der Waals surface area contributed by atoms with E-state index in [1.807, 2.05) is 20.0 Å². The molecular weight excluding hydrogens is 350 g/mol. The van der Waals surface area contributed by atoms with Crippen molar-refractivity contribution in [1.29, 1.82) is 0 Å². The Hall–Kier alpha value is -1.87. The van der Waals surface area contributed by atoms with E-state index in [9.17, 15) is 4.79 Å². The molecule has 142 valence electrons. The first-order chi connectivity index (χ1) is 13.1. The number of allylic oxidation sites excluding steroid dienone is 6. The highest BCUT2D eigenvalue weighted by Gasteiger charge is 2.36. The molecule has 1 aromatic carbocycles. The summed E-state index contributed by atoms with van der Waals surface area (Å²) < 4.78 is 0. The summed E-state index contributed by atoms with van der Waals surface area (Å²) >= 11 is 1.78. The molecule has 27 heavy (non-hydrogen) atoms. The van der Waals surface area contributed by atoms with Crippen LogP contribution in [0.1, 0.15) is 51.0 Å². The van der Waals surface area contributed by atoms with Crippen LogP contribution in [0.15, 0.2) is 69.1 Å². The largest absolute Gasteiger partial charge is 0.294 e. The normalized spacial score (nSPS) is 23.4. The fourth-order valence-electron chi connectivity index (χ4n) is 4.32. The molecule has 2 nitrogen and oxygen atoms in total. The average Bonchev–Trinajstić information content (AvgIpc) is 3.10. The number of Topliss-reactive ketones (excluding diaryl/α,β-unsaturated/α-hetero) is 1. The Morgan fingerprint density at radius 3 is 2.74 bits per heavy atom. The molecule has 3 heteroatoms. The van der Waals surface area contributed by atoms with Gasteiger partial charge in [-0.3, -0.25) is 9.79 Å². The number of aliphatic imine (C=N–C) groups is 1. The standard InChI is InChI=1S/C24H29NOS/c1-16-9-7-10-18(15-22(16)17(2)25-3)24(26)21-13-8-12-19(21)20-11-5-6-14-23(20)27-4/h5-7,10-11,14-15,19,21H,8-9,12-13H2,1-4H3/t19-,21?/m1/s1. The number of rotatable bonds is 5. The average molecular weight is 380 g/mol. The SMILES string of the molecule is CN=C(C)C1=C(C)CC=CC(C(=O)C2CCC[C@@H]2c2ccccc2SC)=C1.